The molecular formula is C29H25N5O14S4. The van der Waals surface area contributed by atoms with Crippen LogP contribution in [0.4, 0.5) is 28.4 Å². The van der Waals surface area contributed by atoms with Gasteiger partial charge in [0.15, 0.2) is 5.75 Å². The Morgan fingerprint density at radius 1 is 0.750 bits per heavy atom. The number of fused-ring (bicyclic) bond motifs is 2. The Kier molecular flexibility index (Phi) is 12.6. The Balaban J connectivity index is 1.43. The van der Waals surface area contributed by atoms with Gasteiger partial charge in [-0.05, 0) is 65.4 Å². The second-order valence-corrected chi connectivity index (χ2v) is 14.7. The second-order valence-electron chi connectivity index (χ2n) is 10.2. The molecule has 52 heavy (non-hydrogen) atoms. The summed E-state index contributed by atoms with van der Waals surface area (Å²) >= 11 is 1.05. The summed E-state index contributed by atoms with van der Waals surface area (Å²) in [6.45, 7) is -0.0979. The van der Waals surface area contributed by atoms with Gasteiger partial charge in [-0.1, -0.05) is 22.2 Å². The molecule has 0 aromatic heterocycles. The normalized spacial score (nSPS) is 12.4. The molecule has 0 aliphatic carbocycles. The fraction of sp³-hybridized carbons (Fsp3) is 0.103. The van der Waals surface area contributed by atoms with Crippen molar-refractivity contribution in [3.63, 3.8) is 0 Å². The van der Waals surface area contributed by atoms with Gasteiger partial charge in [0.1, 0.15) is 22.0 Å². The molecule has 6 N–H and O–H groups in total. The smallest absolute Gasteiger partial charge is 0.295 e. The summed E-state index contributed by atoms with van der Waals surface area (Å²) in [5.74, 6) is -0.682. The molecule has 0 heterocycles. The van der Waals surface area contributed by atoms with Crippen molar-refractivity contribution in [2.75, 3.05) is 24.7 Å². The number of benzene rings is 5. The van der Waals surface area contributed by atoms with Crippen LogP contribution < -0.4 is 10.1 Å². The minimum Gasteiger partial charge on any atom is -0.505 e. The van der Waals surface area contributed by atoms with Crippen molar-refractivity contribution in [3.05, 3.63) is 72.8 Å². The summed E-state index contributed by atoms with van der Waals surface area (Å²) in [6.07, 6.45) is 0. The number of phenols is 1. The van der Waals surface area contributed by atoms with Crippen molar-refractivity contribution >= 4 is 94.3 Å². The van der Waals surface area contributed by atoms with Gasteiger partial charge in [-0.25, -0.2) is 10.5 Å². The molecule has 0 amide bonds. The third-order valence-corrected chi connectivity index (χ3v) is 9.70. The number of ether oxygens (including phenoxy) is 1. The van der Waals surface area contributed by atoms with E-state index >= 15 is 0 Å². The maximum absolute atomic E-state index is 12.1. The lowest BCUT2D eigenvalue weighted by Gasteiger charge is -2.11. The Hall–Kier alpha value is -4.50. The molecule has 274 valence electrons. The maximum atomic E-state index is 12.1. The predicted octanol–water partition coefficient (Wildman–Crippen LogP) is 7.94. The number of hydrogen-bond acceptors (Lipinski definition) is 19. The lowest BCUT2D eigenvalue weighted by molar-refractivity contribution is -0.432. The molecule has 0 unspecified atom stereocenters. The third kappa shape index (κ3) is 9.88. The van der Waals surface area contributed by atoms with E-state index in [0.29, 0.717) is 51.6 Å². The van der Waals surface area contributed by atoms with E-state index in [9.17, 15) is 26.5 Å². The quantitative estimate of drug-likeness (QED) is 0.0182. The monoisotopic (exact) mass is 795 g/mol. The van der Waals surface area contributed by atoms with E-state index in [-0.39, 0.29) is 50.3 Å². The first-order valence-corrected chi connectivity index (χ1v) is 18.7. The van der Waals surface area contributed by atoms with E-state index < -0.39 is 30.9 Å². The van der Waals surface area contributed by atoms with Gasteiger partial charge in [-0.3, -0.25) is 9.11 Å². The van der Waals surface area contributed by atoms with Crippen molar-refractivity contribution < 1.29 is 65.0 Å². The molecule has 0 saturated carbocycles. The van der Waals surface area contributed by atoms with Crippen molar-refractivity contribution in [2.45, 2.75) is 14.7 Å². The molecule has 0 spiro atoms. The highest BCUT2D eigenvalue weighted by Gasteiger charge is 2.18. The average molecular weight is 796 g/mol. The van der Waals surface area contributed by atoms with Gasteiger partial charge in [-0.15, -0.1) is 18.9 Å². The minimum absolute atomic E-state index is 0.0870. The number of anilines is 1. The zero-order valence-electron chi connectivity index (χ0n) is 26.2. The lowest BCUT2D eigenvalue weighted by Crippen LogP contribution is -2.14. The zero-order chi connectivity index (χ0) is 37.5. The lowest BCUT2D eigenvalue weighted by atomic mass is 10.1. The van der Waals surface area contributed by atoms with Crippen LogP contribution in [0.1, 0.15) is 0 Å². The van der Waals surface area contributed by atoms with Gasteiger partial charge in [0.05, 0.1) is 53.2 Å². The standard InChI is InChI=1S/C29H25N5O14S4/c1-44-25-14-20(32-31-19-5-3-16-10-21(49-47-45-36)15-27(22(16)13-19)52(41,42)43)6-7-24(25)33-34-28-26(50-48-46-37)11-17-2-4-18(12-23(17)29(28)35)30-8-9-51(38,39)40/h2-7,10-15,30,35-37H,8-9H2,1H3,(H,38,39,40)(H,41,42,43). The molecule has 0 aliphatic heterocycles. The first-order chi connectivity index (χ1) is 24.8. The van der Waals surface area contributed by atoms with E-state index in [1.165, 1.54) is 43.5 Å². The van der Waals surface area contributed by atoms with Gasteiger partial charge in [0.2, 0.25) is 0 Å². The van der Waals surface area contributed by atoms with Crippen LogP contribution in [0.3, 0.4) is 0 Å². The second kappa shape index (κ2) is 16.9. The van der Waals surface area contributed by atoms with E-state index in [2.05, 4.69) is 44.5 Å². The number of azo groups is 2. The van der Waals surface area contributed by atoms with Crippen molar-refractivity contribution in [3.8, 4) is 11.5 Å². The fourth-order valence-corrected chi connectivity index (χ4v) is 6.79. The highest BCUT2D eigenvalue weighted by Crippen LogP contribution is 2.45. The molecule has 5 rings (SSSR count). The first kappa shape index (κ1) is 38.7. The van der Waals surface area contributed by atoms with Crippen molar-refractivity contribution in [2.24, 2.45) is 20.5 Å². The van der Waals surface area contributed by atoms with Crippen LogP contribution in [0.2, 0.25) is 0 Å². The van der Waals surface area contributed by atoms with Crippen molar-refractivity contribution in [1.29, 1.82) is 0 Å². The number of nitrogens with one attached hydrogen (secondary N) is 1. The van der Waals surface area contributed by atoms with Gasteiger partial charge < -0.3 is 15.2 Å². The zero-order valence-corrected chi connectivity index (χ0v) is 29.4. The van der Waals surface area contributed by atoms with E-state index in [0.717, 1.165) is 6.07 Å². The highest BCUT2D eigenvalue weighted by atomic mass is 32.2. The Morgan fingerprint density at radius 2 is 1.42 bits per heavy atom. The molecule has 5 aromatic carbocycles. The molecule has 19 nitrogen and oxygen atoms in total. The molecule has 5 aromatic rings. The van der Waals surface area contributed by atoms with Crippen LogP contribution in [-0.4, -0.2) is 61.0 Å². The van der Waals surface area contributed by atoms with Gasteiger partial charge in [-0.2, -0.15) is 27.1 Å². The van der Waals surface area contributed by atoms with Crippen LogP contribution in [0, 0.1) is 0 Å². The van der Waals surface area contributed by atoms with Crippen LogP contribution in [0.15, 0.2) is 108 Å². The Morgan fingerprint density at radius 3 is 2.12 bits per heavy atom. The Bertz CT molecular complexity index is 2400. The molecule has 0 bridgehead atoms. The predicted molar refractivity (Wildman–Crippen MR) is 187 cm³/mol. The van der Waals surface area contributed by atoms with Crippen LogP contribution in [-0.2, 0) is 39.0 Å². The number of methoxy groups -OCH3 is 1. The summed E-state index contributed by atoms with van der Waals surface area (Å²) in [7, 11) is -7.50. The number of phenolic OH excluding ortho intramolecular Hbond substituents is 1. The fourth-order valence-electron chi connectivity index (χ4n) is 4.68. The number of nitrogens with zero attached hydrogens (tertiary/aromatic N) is 4. The van der Waals surface area contributed by atoms with Gasteiger partial charge >= 0.3 is 0 Å². The average Bonchev–Trinajstić information content (AvgIpc) is 3.11. The Labute approximate surface area is 302 Å². The molecule has 0 radical (unpaired) electrons. The maximum Gasteiger partial charge on any atom is 0.295 e. The van der Waals surface area contributed by atoms with Crippen LogP contribution in [0.25, 0.3) is 21.5 Å². The SMILES string of the molecule is COc1cc(N=Nc2ccc3cc(SOOO)cc(S(=O)(=O)O)c3c2)ccc1N=Nc1c(SOOO)cc2ccc(NCCS(=O)(=O)O)cc2c1O. The van der Waals surface area contributed by atoms with Gasteiger partial charge in [0, 0.05) is 34.0 Å². The largest absolute Gasteiger partial charge is 0.505 e. The van der Waals surface area contributed by atoms with Crippen molar-refractivity contribution in [1.82, 2.24) is 0 Å². The molecular weight excluding hydrogens is 771 g/mol. The molecule has 0 atom stereocenters. The molecule has 23 heteroatoms. The van der Waals surface area contributed by atoms with E-state index in [1.807, 2.05) is 0 Å². The topological polar surface area (TPSA) is 277 Å². The van der Waals surface area contributed by atoms with E-state index in [1.54, 1.807) is 30.3 Å². The van der Waals surface area contributed by atoms with Crippen LogP contribution in [0.5, 0.6) is 11.5 Å². The summed E-state index contributed by atoms with van der Waals surface area (Å²) in [5, 5.41) is 56.5. The van der Waals surface area contributed by atoms with E-state index in [4.69, 9.17) is 19.8 Å². The summed E-state index contributed by atoms with van der Waals surface area (Å²) in [4.78, 5) is -0.0388. The molecule has 0 saturated heterocycles. The number of hydrogen-bond donors (Lipinski definition) is 6. The highest BCUT2D eigenvalue weighted by molar-refractivity contribution is 7.95. The number of rotatable bonds is 16. The summed E-state index contributed by atoms with van der Waals surface area (Å²) < 4.78 is 79.5. The first-order valence-electron chi connectivity index (χ1n) is 14.1. The minimum atomic E-state index is -4.68. The number of aromatic hydroxyl groups is 1. The van der Waals surface area contributed by atoms with Crippen LogP contribution >= 0.6 is 24.1 Å². The third-order valence-electron chi connectivity index (χ3n) is 6.91. The van der Waals surface area contributed by atoms with Gasteiger partial charge in [0.25, 0.3) is 20.2 Å². The molecule has 0 aliphatic rings. The summed E-state index contributed by atoms with van der Waals surface area (Å²) in [6, 6.07) is 18.0. The molecule has 0 fully saturated rings. The summed E-state index contributed by atoms with van der Waals surface area (Å²) in [5.41, 5.74) is 1.08.